The third kappa shape index (κ3) is 9.26. The van der Waals surface area contributed by atoms with Crippen LogP contribution in [-0.2, 0) is 10.0 Å². The van der Waals surface area contributed by atoms with Crippen LogP contribution < -0.4 is 0 Å². The average molecular weight is 397 g/mol. The van der Waals surface area contributed by atoms with E-state index in [4.69, 9.17) is 5.11 Å². The van der Waals surface area contributed by atoms with Crippen molar-refractivity contribution >= 4 is 5.97 Å². The Morgan fingerprint density at radius 2 is 1.18 bits per heavy atom. The molecule has 1 aliphatic rings. The van der Waals surface area contributed by atoms with Gasteiger partial charge in [-0.1, -0.05) is 77.0 Å². The van der Waals surface area contributed by atoms with Crippen molar-refractivity contribution in [3.8, 4) is 0 Å². The summed E-state index contributed by atoms with van der Waals surface area (Å²) in [6, 6.07) is 0. The van der Waals surface area contributed by atoms with Crippen molar-refractivity contribution in [2.45, 2.75) is 142 Å². The maximum absolute atomic E-state index is 12.4. The highest BCUT2D eigenvalue weighted by Crippen LogP contribution is 2.45. The second-order valence-corrected chi connectivity index (χ2v) is 10.2. The summed E-state index contributed by atoms with van der Waals surface area (Å²) in [5.41, 5.74) is -0.410. The molecule has 0 amide bonds. The lowest BCUT2D eigenvalue weighted by Gasteiger charge is -2.33. The van der Waals surface area contributed by atoms with Crippen LogP contribution in [0.3, 0.4) is 0 Å². The van der Waals surface area contributed by atoms with Gasteiger partial charge in [-0.2, -0.15) is 0 Å². The number of carboxylic acid groups (broad SMARTS) is 1. The minimum atomic E-state index is -0.666. The van der Waals surface area contributed by atoms with E-state index in [1.54, 1.807) is 0 Å². The summed E-state index contributed by atoms with van der Waals surface area (Å²) in [6.07, 6.45) is 18.8. The van der Waals surface area contributed by atoms with Crippen LogP contribution in [0.5, 0.6) is 0 Å². The molecule has 0 aliphatic carbocycles. The van der Waals surface area contributed by atoms with E-state index in [1.807, 2.05) is 0 Å². The fourth-order valence-electron chi connectivity index (χ4n) is 4.95. The van der Waals surface area contributed by atoms with Crippen molar-refractivity contribution in [2.24, 2.45) is 5.92 Å². The predicted octanol–water partition coefficient (Wildman–Crippen LogP) is 7.15. The maximum atomic E-state index is 12.4. The van der Waals surface area contributed by atoms with Crippen molar-refractivity contribution in [1.29, 1.82) is 0 Å². The van der Waals surface area contributed by atoms with Gasteiger partial charge in [-0.25, -0.2) is 0 Å². The van der Waals surface area contributed by atoms with E-state index in [0.29, 0.717) is 12.3 Å². The van der Waals surface area contributed by atoms with Crippen LogP contribution in [0.4, 0.5) is 0 Å². The predicted molar refractivity (Wildman–Crippen MR) is 116 cm³/mol. The SMILES string of the molecule is CC1(C)CC(CCCCCCCCCCCCCCCC(=O)O)C(C)(C)N1[O]. The van der Waals surface area contributed by atoms with E-state index in [9.17, 15) is 10.0 Å². The third-order valence-electron chi connectivity index (χ3n) is 6.76. The molecule has 0 aromatic rings. The molecule has 1 N–H and O–H groups in total. The topological polar surface area (TPSA) is 60.4 Å². The molecule has 1 aliphatic heterocycles. The largest absolute Gasteiger partial charge is 0.481 e. The molecule has 0 saturated carbocycles. The Morgan fingerprint density at radius 1 is 0.786 bits per heavy atom. The summed E-state index contributed by atoms with van der Waals surface area (Å²) in [5.74, 6) is -0.135. The molecule has 1 unspecified atom stereocenters. The van der Waals surface area contributed by atoms with Crippen molar-refractivity contribution in [2.75, 3.05) is 0 Å². The molecule has 0 aromatic carbocycles. The number of rotatable bonds is 16. The van der Waals surface area contributed by atoms with Crippen molar-refractivity contribution < 1.29 is 15.1 Å². The van der Waals surface area contributed by atoms with Crippen LogP contribution in [0.1, 0.15) is 130 Å². The lowest BCUT2D eigenvalue weighted by atomic mass is 9.83. The Hall–Kier alpha value is -0.610. The number of hydroxylamine groups is 2. The Balaban J connectivity index is 1.88. The molecule has 0 aromatic heterocycles. The van der Waals surface area contributed by atoms with Crippen molar-refractivity contribution in [3.05, 3.63) is 0 Å². The lowest BCUT2D eigenvalue weighted by molar-refractivity contribution is -0.248. The van der Waals surface area contributed by atoms with Gasteiger partial charge in [-0.05, 0) is 52.9 Å². The van der Waals surface area contributed by atoms with Gasteiger partial charge in [0.05, 0.1) is 0 Å². The van der Waals surface area contributed by atoms with Crippen LogP contribution >= 0.6 is 0 Å². The third-order valence-corrected chi connectivity index (χ3v) is 6.76. The molecule has 28 heavy (non-hydrogen) atoms. The van der Waals surface area contributed by atoms with Gasteiger partial charge in [-0.15, -0.1) is 10.3 Å². The second kappa shape index (κ2) is 12.8. The van der Waals surface area contributed by atoms with E-state index in [-0.39, 0.29) is 11.1 Å². The van der Waals surface area contributed by atoms with E-state index >= 15 is 0 Å². The highest BCUT2D eigenvalue weighted by molar-refractivity contribution is 5.66. The van der Waals surface area contributed by atoms with Crippen LogP contribution in [-0.4, -0.2) is 27.2 Å². The zero-order valence-corrected chi connectivity index (χ0v) is 19.1. The Bertz CT molecular complexity index is 434. The minimum Gasteiger partial charge on any atom is -0.481 e. The fraction of sp³-hybridized carbons (Fsp3) is 0.958. The van der Waals surface area contributed by atoms with Crippen LogP contribution in [0, 0.1) is 5.92 Å². The zero-order chi connectivity index (χ0) is 21.0. The van der Waals surface area contributed by atoms with Crippen LogP contribution in [0.25, 0.3) is 0 Å². The lowest BCUT2D eigenvalue weighted by Crippen LogP contribution is -2.46. The van der Waals surface area contributed by atoms with E-state index < -0.39 is 5.97 Å². The standard InChI is InChI=1S/C24H46NO3/c1-23(2)20-21(24(3,4)25(23)28)18-16-14-12-10-8-6-5-7-9-11-13-15-17-19-22(26)27/h21H,5-20H2,1-4H3,(H,26,27). The molecule has 1 radical (unpaired) electrons. The highest BCUT2D eigenvalue weighted by atomic mass is 16.5. The first kappa shape index (κ1) is 25.4. The fourth-order valence-corrected chi connectivity index (χ4v) is 4.95. The Morgan fingerprint density at radius 3 is 1.54 bits per heavy atom. The summed E-state index contributed by atoms with van der Waals surface area (Å²) in [4.78, 5) is 10.4. The van der Waals surface area contributed by atoms with Gasteiger partial charge < -0.3 is 5.11 Å². The smallest absolute Gasteiger partial charge is 0.303 e. The number of unbranched alkanes of at least 4 members (excludes halogenated alkanes) is 12. The molecule has 1 rings (SSSR count). The summed E-state index contributed by atoms with van der Waals surface area (Å²) < 4.78 is 0. The normalized spacial score (nSPS) is 21.2. The van der Waals surface area contributed by atoms with Gasteiger partial charge in [0, 0.05) is 17.5 Å². The number of nitrogens with zero attached hydrogens (tertiary/aromatic N) is 1. The summed E-state index contributed by atoms with van der Waals surface area (Å²) in [7, 11) is 0. The average Bonchev–Trinajstić information content (AvgIpc) is 2.77. The van der Waals surface area contributed by atoms with Gasteiger partial charge in [0.2, 0.25) is 0 Å². The maximum Gasteiger partial charge on any atom is 0.303 e. The van der Waals surface area contributed by atoms with Crippen molar-refractivity contribution in [1.82, 2.24) is 5.06 Å². The first-order valence-corrected chi connectivity index (χ1v) is 11.9. The van der Waals surface area contributed by atoms with Gasteiger partial charge in [-0.3, -0.25) is 4.79 Å². The molecule has 165 valence electrons. The Kier molecular flexibility index (Phi) is 11.7. The molecule has 4 heteroatoms. The number of hydrogen-bond donors (Lipinski definition) is 1. The summed E-state index contributed by atoms with van der Waals surface area (Å²) >= 11 is 0. The molecule has 1 fully saturated rings. The molecule has 1 saturated heterocycles. The van der Waals surface area contributed by atoms with Gasteiger partial charge in [0.25, 0.3) is 0 Å². The monoisotopic (exact) mass is 396 g/mol. The van der Waals surface area contributed by atoms with E-state index in [2.05, 4.69) is 27.7 Å². The minimum absolute atomic E-state index is 0.202. The molecule has 1 atom stereocenters. The van der Waals surface area contributed by atoms with Crippen LogP contribution in [0.2, 0.25) is 0 Å². The zero-order valence-electron chi connectivity index (χ0n) is 19.1. The molecule has 0 spiro atoms. The van der Waals surface area contributed by atoms with Gasteiger partial charge in [0.1, 0.15) is 0 Å². The number of aliphatic carboxylic acids is 1. The molecular weight excluding hydrogens is 350 g/mol. The molecule has 1 heterocycles. The van der Waals surface area contributed by atoms with Gasteiger partial charge in [0.15, 0.2) is 0 Å². The van der Waals surface area contributed by atoms with E-state index in [1.165, 1.54) is 82.1 Å². The van der Waals surface area contributed by atoms with Crippen molar-refractivity contribution in [3.63, 3.8) is 0 Å². The molecule has 4 nitrogen and oxygen atoms in total. The Labute approximate surface area is 174 Å². The molecule has 0 bridgehead atoms. The molecular formula is C24H46NO3. The number of carbonyl (C=O) groups is 1. The number of hydrogen-bond acceptors (Lipinski definition) is 2. The first-order chi connectivity index (χ1) is 13.2. The summed E-state index contributed by atoms with van der Waals surface area (Å²) in [6.45, 7) is 8.41. The highest BCUT2D eigenvalue weighted by Gasteiger charge is 2.51. The summed E-state index contributed by atoms with van der Waals surface area (Å²) in [5, 5.41) is 22.4. The van der Waals surface area contributed by atoms with Gasteiger partial charge >= 0.3 is 5.97 Å². The van der Waals surface area contributed by atoms with Crippen LogP contribution in [0.15, 0.2) is 0 Å². The second-order valence-electron chi connectivity index (χ2n) is 10.2. The number of carboxylic acids is 1. The quantitative estimate of drug-likeness (QED) is 0.282. The van der Waals surface area contributed by atoms with E-state index in [0.717, 1.165) is 19.3 Å². The first-order valence-electron chi connectivity index (χ1n) is 11.9.